The molecule has 1 aliphatic heterocycles. The number of aromatic hydroxyl groups is 1. The number of ether oxygens (including phenoxy) is 1. The van der Waals surface area contributed by atoms with Crippen LogP contribution in [0, 0.1) is 11.6 Å². The van der Waals surface area contributed by atoms with Crippen LogP contribution in [0.4, 0.5) is 8.78 Å². The van der Waals surface area contributed by atoms with Gasteiger partial charge in [0.15, 0.2) is 5.78 Å². The Morgan fingerprint density at radius 2 is 1.55 bits per heavy atom. The average molecular weight is 538 g/mol. The molecule has 4 nitrogen and oxygen atoms in total. The second-order valence-corrected chi connectivity index (χ2v) is 9.48. The van der Waals surface area contributed by atoms with E-state index in [9.17, 15) is 18.7 Å². The molecule has 0 radical (unpaired) electrons. The van der Waals surface area contributed by atoms with Crippen molar-refractivity contribution in [3.05, 3.63) is 95.6 Å². The minimum Gasteiger partial charge on any atom is -0.508 e. The number of halogens is 3. The van der Waals surface area contributed by atoms with Gasteiger partial charge in [-0.15, -0.1) is 12.4 Å². The molecule has 0 bridgehead atoms. The Balaban J connectivity index is 0.00000336. The van der Waals surface area contributed by atoms with Gasteiger partial charge in [-0.3, -0.25) is 9.69 Å². The maximum Gasteiger partial charge on any atom is 0.194 e. The Bertz CT molecular complexity index is 1420. The summed E-state index contributed by atoms with van der Waals surface area (Å²) in [4.78, 5) is 16.2. The average Bonchev–Trinajstić information content (AvgIpc) is 3.17. The minimum atomic E-state index is -0.750. The molecule has 0 amide bonds. The standard InChI is InChI=1S/C31H29F2NO3.ClH/c32-23-8-13-27(29(33)20-23)28-12-7-22-19-24(35)9-14-26(22)30(28)31(36)21-5-10-25(11-6-21)37-18-17-34-15-3-1-2-4-16-34;/h5-14,19-20,35H,1-4,15-18H2;1H. The molecule has 5 rings (SSSR count). The van der Waals surface area contributed by atoms with Crippen molar-refractivity contribution in [1.82, 2.24) is 4.90 Å². The van der Waals surface area contributed by atoms with Gasteiger partial charge < -0.3 is 9.84 Å². The van der Waals surface area contributed by atoms with Crippen molar-refractivity contribution in [3.63, 3.8) is 0 Å². The molecule has 7 heteroatoms. The van der Waals surface area contributed by atoms with Gasteiger partial charge in [0.2, 0.25) is 0 Å². The van der Waals surface area contributed by atoms with Gasteiger partial charge in [0.05, 0.1) is 0 Å². The van der Waals surface area contributed by atoms with E-state index in [2.05, 4.69) is 4.90 Å². The fraction of sp³-hybridized carbons (Fsp3) is 0.258. The molecule has 198 valence electrons. The molecule has 1 heterocycles. The van der Waals surface area contributed by atoms with Crippen LogP contribution in [-0.4, -0.2) is 42.0 Å². The molecule has 0 saturated carbocycles. The monoisotopic (exact) mass is 537 g/mol. The minimum absolute atomic E-state index is 0. The lowest BCUT2D eigenvalue weighted by atomic mass is 9.89. The highest BCUT2D eigenvalue weighted by molar-refractivity contribution is 6.20. The quantitative estimate of drug-likeness (QED) is 0.250. The molecule has 4 aromatic rings. The third-order valence-corrected chi connectivity index (χ3v) is 6.94. The molecule has 0 spiro atoms. The van der Waals surface area contributed by atoms with E-state index in [1.54, 1.807) is 48.5 Å². The number of carbonyl (C=O) groups is 1. The zero-order chi connectivity index (χ0) is 25.8. The molecular formula is C31H30ClF2NO3. The van der Waals surface area contributed by atoms with E-state index in [1.165, 1.54) is 43.9 Å². The Kier molecular flexibility index (Phi) is 8.97. The van der Waals surface area contributed by atoms with E-state index in [4.69, 9.17) is 4.74 Å². The normalized spacial score (nSPS) is 14.1. The predicted octanol–water partition coefficient (Wildman–Crippen LogP) is 7.40. The zero-order valence-corrected chi connectivity index (χ0v) is 21.8. The number of carbonyl (C=O) groups excluding carboxylic acids is 1. The van der Waals surface area contributed by atoms with Gasteiger partial charge in [-0.25, -0.2) is 8.78 Å². The lowest BCUT2D eigenvalue weighted by Gasteiger charge is -2.19. The van der Waals surface area contributed by atoms with Gasteiger partial charge in [-0.2, -0.15) is 0 Å². The first kappa shape index (κ1) is 27.6. The highest BCUT2D eigenvalue weighted by Gasteiger charge is 2.21. The summed E-state index contributed by atoms with van der Waals surface area (Å²) in [7, 11) is 0. The first-order valence-electron chi connectivity index (χ1n) is 12.7. The highest BCUT2D eigenvalue weighted by Crippen LogP contribution is 2.35. The number of fused-ring (bicyclic) bond motifs is 1. The largest absolute Gasteiger partial charge is 0.508 e. The highest BCUT2D eigenvalue weighted by atomic mass is 35.5. The van der Waals surface area contributed by atoms with E-state index in [1.807, 2.05) is 0 Å². The van der Waals surface area contributed by atoms with Crippen LogP contribution in [0.5, 0.6) is 11.5 Å². The fourth-order valence-electron chi connectivity index (χ4n) is 4.99. The van der Waals surface area contributed by atoms with Crippen LogP contribution in [0.2, 0.25) is 0 Å². The smallest absolute Gasteiger partial charge is 0.194 e. The lowest BCUT2D eigenvalue weighted by Crippen LogP contribution is -2.29. The molecule has 0 aliphatic carbocycles. The molecule has 38 heavy (non-hydrogen) atoms. The number of benzene rings is 4. The van der Waals surface area contributed by atoms with Crippen molar-refractivity contribution in [2.24, 2.45) is 0 Å². The van der Waals surface area contributed by atoms with E-state index in [0.717, 1.165) is 25.7 Å². The number of likely N-dealkylation sites (tertiary alicyclic amines) is 1. The molecular weight excluding hydrogens is 508 g/mol. The molecule has 0 unspecified atom stereocenters. The molecule has 0 aromatic heterocycles. The van der Waals surface area contributed by atoms with Crippen molar-refractivity contribution >= 4 is 29.0 Å². The first-order chi connectivity index (χ1) is 18.0. The fourth-order valence-corrected chi connectivity index (χ4v) is 4.99. The summed E-state index contributed by atoms with van der Waals surface area (Å²) in [6.07, 6.45) is 5.04. The van der Waals surface area contributed by atoms with Crippen LogP contribution in [0.15, 0.2) is 72.8 Å². The zero-order valence-electron chi connectivity index (χ0n) is 21.0. The number of hydrogen-bond acceptors (Lipinski definition) is 4. The lowest BCUT2D eigenvalue weighted by molar-refractivity contribution is 0.104. The maximum absolute atomic E-state index is 14.8. The Morgan fingerprint density at radius 1 is 0.842 bits per heavy atom. The van der Waals surface area contributed by atoms with Crippen LogP contribution in [0.1, 0.15) is 41.6 Å². The summed E-state index contributed by atoms with van der Waals surface area (Å²) >= 11 is 0. The van der Waals surface area contributed by atoms with Gasteiger partial charge in [-0.05, 0) is 96.9 Å². The van der Waals surface area contributed by atoms with E-state index >= 15 is 0 Å². The summed E-state index contributed by atoms with van der Waals surface area (Å²) < 4.78 is 34.3. The van der Waals surface area contributed by atoms with Gasteiger partial charge >= 0.3 is 0 Å². The molecule has 1 N–H and O–H groups in total. The van der Waals surface area contributed by atoms with Gasteiger partial charge in [0.25, 0.3) is 0 Å². The van der Waals surface area contributed by atoms with E-state index in [-0.39, 0.29) is 35.1 Å². The molecule has 1 fully saturated rings. The van der Waals surface area contributed by atoms with Crippen LogP contribution in [0.3, 0.4) is 0 Å². The summed E-state index contributed by atoms with van der Waals surface area (Å²) in [6, 6.07) is 18.3. The number of rotatable bonds is 7. The van der Waals surface area contributed by atoms with Gasteiger partial charge in [-0.1, -0.05) is 25.0 Å². The Hall–Kier alpha value is -3.48. The van der Waals surface area contributed by atoms with Crippen molar-refractivity contribution in [3.8, 4) is 22.6 Å². The molecule has 1 aliphatic rings. The van der Waals surface area contributed by atoms with Crippen LogP contribution in [0.25, 0.3) is 21.9 Å². The third kappa shape index (κ3) is 6.14. The molecule has 0 atom stereocenters. The number of hydrogen-bond donors (Lipinski definition) is 1. The van der Waals surface area contributed by atoms with Gasteiger partial charge in [0, 0.05) is 29.3 Å². The summed E-state index contributed by atoms with van der Waals surface area (Å²) in [5.74, 6) is -0.995. The van der Waals surface area contributed by atoms with Crippen molar-refractivity contribution in [2.75, 3.05) is 26.2 Å². The number of nitrogens with zero attached hydrogens (tertiary/aromatic N) is 1. The van der Waals surface area contributed by atoms with Crippen molar-refractivity contribution < 1.29 is 23.4 Å². The van der Waals surface area contributed by atoms with Crippen LogP contribution in [-0.2, 0) is 0 Å². The first-order valence-corrected chi connectivity index (χ1v) is 12.7. The summed E-state index contributed by atoms with van der Waals surface area (Å²) in [5.41, 5.74) is 1.20. The van der Waals surface area contributed by atoms with Crippen LogP contribution < -0.4 is 4.74 Å². The van der Waals surface area contributed by atoms with E-state index in [0.29, 0.717) is 34.3 Å². The maximum atomic E-state index is 14.8. The molecule has 4 aromatic carbocycles. The number of ketones is 1. The summed E-state index contributed by atoms with van der Waals surface area (Å²) in [6.45, 7) is 3.66. The van der Waals surface area contributed by atoms with Gasteiger partial charge in [0.1, 0.15) is 29.7 Å². The van der Waals surface area contributed by atoms with Crippen molar-refractivity contribution in [2.45, 2.75) is 25.7 Å². The second kappa shape index (κ2) is 12.4. The number of phenolic OH excluding ortho intramolecular Hbond substituents is 1. The predicted molar refractivity (Wildman–Crippen MR) is 148 cm³/mol. The van der Waals surface area contributed by atoms with Crippen molar-refractivity contribution in [1.29, 1.82) is 0 Å². The second-order valence-electron chi connectivity index (χ2n) is 9.48. The van der Waals surface area contributed by atoms with E-state index < -0.39 is 11.6 Å². The number of phenols is 1. The Morgan fingerprint density at radius 3 is 2.26 bits per heavy atom. The summed E-state index contributed by atoms with van der Waals surface area (Å²) in [5, 5.41) is 11.1. The molecule has 1 saturated heterocycles. The SMILES string of the molecule is Cl.O=C(c1ccc(OCCN2CCCCCC2)cc1)c1c(-c2ccc(F)cc2F)ccc2cc(O)ccc12. The van der Waals surface area contributed by atoms with Crippen LogP contribution >= 0.6 is 12.4 Å². The Labute approximate surface area is 227 Å². The topological polar surface area (TPSA) is 49.8 Å². The third-order valence-electron chi connectivity index (χ3n) is 6.94.